The van der Waals surface area contributed by atoms with Crippen LogP contribution in [-0.4, -0.2) is 43.8 Å². The maximum Gasteiger partial charge on any atom is 0.169 e. The number of aromatic nitrogens is 1. The van der Waals surface area contributed by atoms with Gasteiger partial charge >= 0.3 is 0 Å². The van der Waals surface area contributed by atoms with Crippen LogP contribution in [0.2, 0.25) is 0 Å². The fraction of sp³-hybridized carbons (Fsp3) is 0.516. The molecule has 7 heteroatoms. The van der Waals surface area contributed by atoms with Crippen LogP contribution in [0, 0.1) is 0 Å². The lowest BCUT2D eigenvalue weighted by atomic mass is 9.84. The predicted molar refractivity (Wildman–Crippen MR) is 160 cm³/mol. The first kappa shape index (κ1) is 33.2. The first-order chi connectivity index (χ1) is 17.3. The Balaban J connectivity index is 0.00000253. The SMILES string of the molecule is CCN(CC)c1cc2c(s1)-c1sc(/C=C/c3cc[n+](CCC[N+](CC)(CC)CC)cc3)cc1C2(C)C.[Br-].[Br-]. The van der Waals surface area contributed by atoms with E-state index in [4.69, 9.17) is 0 Å². The summed E-state index contributed by atoms with van der Waals surface area (Å²) in [6.45, 7) is 24.4. The Morgan fingerprint density at radius 3 is 2.00 bits per heavy atom. The molecule has 0 radical (unpaired) electrons. The van der Waals surface area contributed by atoms with Crippen LogP contribution < -0.4 is 43.4 Å². The summed E-state index contributed by atoms with van der Waals surface area (Å²) in [5, 5.41) is 1.41. The third-order valence-electron chi connectivity index (χ3n) is 8.52. The molecular weight excluding hydrogens is 638 g/mol. The van der Waals surface area contributed by atoms with Crippen LogP contribution in [0.1, 0.15) is 76.5 Å². The monoisotopic (exact) mass is 681 g/mol. The number of fused-ring (bicyclic) bond motifs is 3. The summed E-state index contributed by atoms with van der Waals surface area (Å²) in [5.41, 5.74) is 4.34. The van der Waals surface area contributed by atoms with Crippen LogP contribution in [0.25, 0.3) is 21.9 Å². The molecule has 0 bridgehead atoms. The number of hydrogen-bond donors (Lipinski definition) is 0. The van der Waals surface area contributed by atoms with E-state index in [9.17, 15) is 0 Å². The van der Waals surface area contributed by atoms with Gasteiger partial charge in [0.15, 0.2) is 18.9 Å². The summed E-state index contributed by atoms with van der Waals surface area (Å²) in [5.74, 6) is 0. The van der Waals surface area contributed by atoms with Gasteiger partial charge in [0.1, 0.15) is 0 Å². The molecule has 1 aliphatic rings. The summed E-state index contributed by atoms with van der Waals surface area (Å²) in [4.78, 5) is 6.78. The van der Waals surface area contributed by atoms with Gasteiger partial charge in [-0.05, 0) is 69.5 Å². The highest BCUT2D eigenvalue weighted by molar-refractivity contribution is 7.25. The van der Waals surface area contributed by atoms with E-state index in [-0.39, 0.29) is 39.4 Å². The number of hydrogen-bond acceptors (Lipinski definition) is 3. The quantitative estimate of drug-likeness (QED) is 0.209. The van der Waals surface area contributed by atoms with Gasteiger partial charge in [-0.15, -0.1) is 22.7 Å². The molecule has 210 valence electrons. The van der Waals surface area contributed by atoms with Gasteiger partial charge in [-0.1, -0.05) is 19.9 Å². The minimum Gasteiger partial charge on any atom is -1.00 e. The summed E-state index contributed by atoms with van der Waals surface area (Å²) in [7, 11) is 0. The van der Waals surface area contributed by atoms with E-state index >= 15 is 0 Å². The molecule has 0 atom stereocenters. The van der Waals surface area contributed by atoms with E-state index < -0.39 is 0 Å². The smallest absolute Gasteiger partial charge is 0.169 e. The largest absolute Gasteiger partial charge is 1.00 e. The molecule has 0 N–H and O–H groups in total. The summed E-state index contributed by atoms with van der Waals surface area (Å²) < 4.78 is 3.56. The Morgan fingerprint density at radius 2 is 1.42 bits per heavy atom. The van der Waals surface area contributed by atoms with Crippen LogP contribution in [0.3, 0.4) is 0 Å². The molecule has 3 aromatic heterocycles. The molecule has 0 spiro atoms. The number of rotatable bonds is 12. The molecule has 0 saturated carbocycles. The minimum atomic E-state index is 0. The molecule has 3 heterocycles. The van der Waals surface area contributed by atoms with Crippen molar-refractivity contribution < 1.29 is 43.0 Å². The summed E-state index contributed by atoms with van der Waals surface area (Å²) in [6.07, 6.45) is 10.3. The van der Waals surface area contributed by atoms with Crippen LogP contribution in [-0.2, 0) is 12.0 Å². The van der Waals surface area contributed by atoms with Gasteiger partial charge < -0.3 is 43.3 Å². The number of anilines is 1. The first-order valence-electron chi connectivity index (χ1n) is 13.9. The second-order valence-corrected chi connectivity index (χ2v) is 12.7. The van der Waals surface area contributed by atoms with Crippen molar-refractivity contribution in [3.8, 4) is 9.75 Å². The van der Waals surface area contributed by atoms with Crippen LogP contribution >= 0.6 is 22.7 Å². The van der Waals surface area contributed by atoms with Crippen LogP contribution in [0.15, 0.2) is 36.7 Å². The maximum atomic E-state index is 2.47. The van der Waals surface area contributed by atoms with Crippen molar-refractivity contribution in [2.45, 2.75) is 66.8 Å². The van der Waals surface area contributed by atoms with Crippen LogP contribution in [0.5, 0.6) is 0 Å². The summed E-state index contributed by atoms with van der Waals surface area (Å²) in [6, 6.07) is 9.36. The molecule has 0 aliphatic heterocycles. The van der Waals surface area contributed by atoms with Gasteiger partial charge in [0, 0.05) is 40.4 Å². The standard InChI is InChI=1S/C31H45N3S2.2BrH/c1-8-33(9-2)28-23-27-30(36-28)29-26(31(27,6)7)22-25(35-29)15-14-24-16-19-32(20-17-24)18-13-21-34(10-3,11-4)12-5;;/h14-17,19-20,22-23H,8-13,18,21H2,1-7H3;2*1H/q+2;;/p-2. The fourth-order valence-corrected chi connectivity index (χ4v) is 8.44. The minimum absolute atomic E-state index is 0. The molecule has 4 rings (SSSR count). The zero-order valence-electron chi connectivity index (χ0n) is 24.2. The van der Waals surface area contributed by atoms with E-state index in [1.165, 1.54) is 73.4 Å². The highest BCUT2D eigenvalue weighted by atomic mass is 79.9. The number of quaternary nitrogens is 1. The predicted octanol–water partition coefficient (Wildman–Crippen LogP) is 1.69. The van der Waals surface area contributed by atoms with E-state index in [1.807, 2.05) is 22.7 Å². The molecule has 0 amide bonds. The van der Waals surface area contributed by atoms with Crippen molar-refractivity contribution in [2.24, 2.45) is 0 Å². The molecule has 0 fully saturated rings. The van der Waals surface area contributed by atoms with Crippen molar-refractivity contribution in [3.63, 3.8) is 0 Å². The number of pyridine rings is 1. The number of halogens is 2. The van der Waals surface area contributed by atoms with E-state index in [0.717, 1.165) is 19.6 Å². The zero-order chi connectivity index (χ0) is 25.9. The third-order valence-corrected chi connectivity index (χ3v) is 11.0. The Kier molecular flexibility index (Phi) is 12.3. The normalized spacial score (nSPS) is 13.7. The van der Waals surface area contributed by atoms with Gasteiger partial charge in [0.2, 0.25) is 0 Å². The van der Waals surface area contributed by atoms with Crippen molar-refractivity contribution >= 4 is 39.8 Å². The number of thiophene rings is 2. The highest BCUT2D eigenvalue weighted by Gasteiger charge is 2.39. The van der Waals surface area contributed by atoms with Gasteiger partial charge in [-0.25, -0.2) is 4.57 Å². The molecule has 1 aliphatic carbocycles. The average Bonchev–Trinajstić information content (AvgIpc) is 3.57. The van der Waals surface area contributed by atoms with Crippen molar-refractivity contribution in [1.82, 2.24) is 0 Å². The van der Waals surface area contributed by atoms with Crippen molar-refractivity contribution in [2.75, 3.05) is 44.2 Å². The molecule has 0 aromatic carbocycles. The molecule has 38 heavy (non-hydrogen) atoms. The van der Waals surface area contributed by atoms with E-state index in [1.54, 1.807) is 0 Å². The number of aryl methyl sites for hydroxylation is 1. The van der Waals surface area contributed by atoms with Gasteiger partial charge in [-0.3, -0.25) is 0 Å². The molecule has 0 saturated heterocycles. The zero-order valence-corrected chi connectivity index (χ0v) is 29.0. The Morgan fingerprint density at radius 1 is 0.842 bits per heavy atom. The van der Waals surface area contributed by atoms with Crippen molar-refractivity contribution in [3.05, 3.63) is 58.2 Å². The highest BCUT2D eigenvalue weighted by Crippen LogP contribution is 2.57. The molecule has 3 nitrogen and oxygen atoms in total. The van der Waals surface area contributed by atoms with Crippen molar-refractivity contribution in [1.29, 1.82) is 0 Å². The molecule has 0 unspecified atom stereocenters. The lowest BCUT2D eigenvalue weighted by Crippen LogP contribution is -3.00. The van der Waals surface area contributed by atoms with Gasteiger partial charge in [0.05, 0.1) is 42.5 Å². The van der Waals surface area contributed by atoms with Gasteiger partial charge in [-0.2, -0.15) is 0 Å². The molecule has 3 aromatic rings. The van der Waals surface area contributed by atoms with Crippen LogP contribution in [0.4, 0.5) is 5.00 Å². The van der Waals surface area contributed by atoms with E-state index in [2.05, 4.69) is 107 Å². The second kappa shape index (κ2) is 14.1. The third kappa shape index (κ3) is 6.65. The van der Waals surface area contributed by atoms with Gasteiger partial charge in [0.25, 0.3) is 0 Å². The topological polar surface area (TPSA) is 7.12 Å². The lowest BCUT2D eigenvalue weighted by molar-refractivity contribution is -0.925. The fourth-order valence-electron chi connectivity index (χ4n) is 5.61. The maximum absolute atomic E-state index is 2.47. The Labute approximate surface area is 260 Å². The summed E-state index contributed by atoms with van der Waals surface area (Å²) >= 11 is 3.92. The first-order valence-corrected chi connectivity index (χ1v) is 15.5. The van der Waals surface area contributed by atoms with E-state index in [0.29, 0.717) is 0 Å². The molecular formula is C31H45Br2N3S2. The Bertz CT molecular complexity index is 1180. The Hall–Kier alpha value is -0.990. The average molecular weight is 684 g/mol. The lowest BCUT2D eigenvalue weighted by Gasteiger charge is -2.35. The second-order valence-electron chi connectivity index (χ2n) is 10.6. The number of nitrogens with zero attached hydrogens (tertiary/aromatic N) is 3.